The third kappa shape index (κ3) is 10.2. The zero-order chi connectivity index (χ0) is 27.3. The van der Waals surface area contributed by atoms with Crippen molar-refractivity contribution < 1.29 is 9.47 Å². The Labute approximate surface area is 230 Å². The number of nitrogens with zero attached hydrogens (tertiary/aromatic N) is 2. The van der Waals surface area contributed by atoms with Gasteiger partial charge in [0.25, 0.3) is 0 Å². The van der Waals surface area contributed by atoms with Crippen molar-refractivity contribution in [3.05, 3.63) is 94.0 Å². The number of benzene rings is 3. The van der Waals surface area contributed by atoms with E-state index in [2.05, 4.69) is 137 Å². The molecule has 3 rings (SSSR count). The van der Waals surface area contributed by atoms with Gasteiger partial charge < -0.3 is 19.3 Å². The van der Waals surface area contributed by atoms with Crippen LogP contribution in [-0.2, 0) is 0 Å². The highest BCUT2D eigenvalue weighted by atomic mass is 16.5. The van der Waals surface area contributed by atoms with E-state index in [1.165, 1.54) is 11.1 Å². The van der Waals surface area contributed by atoms with Crippen LogP contribution in [0.3, 0.4) is 0 Å². The molecule has 0 fully saturated rings. The van der Waals surface area contributed by atoms with Crippen LogP contribution in [0.1, 0.15) is 46.2 Å². The third-order valence-electron chi connectivity index (χ3n) is 6.19. The zero-order valence-electron chi connectivity index (χ0n) is 24.0. The zero-order valence-corrected chi connectivity index (χ0v) is 24.0. The van der Waals surface area contributed by atoms with E-state index in [1.54, 1.807) is 0 Å². The predicted octanol–water partition coefficient (Wildman–Crippen LogP) is 7.31. The Bertz CT molecular complexity index is 1100. The highest BCUT2D eigenvalue weighted by Gasteiger charge is 2.04. The summed E-state index contributed by atoms with van der Waals surface area (Å²) in [6, 6.07) is 21.3. The molecular formula is C34H44N2O2. The quantitative estimate of drug-likeness (QED) is 0.167. The molecule has 202 valence electrons. The number of hydrogen-bond acceptors (Lipinski definition) is 4. The van der Waals surface area contributed by atoms with Gasteiger partial charge in [0.2, 0.25) is 0 Å². The van der Waals surface area contributed by atoms with Crippen molar-refractivity contribution in [2.45, 2.75) is 26.7 Å². The van der Waals surface area contributed by atoms with E-state index in [4.69, 9.17) is 9.47 Å². The molecule has 3 aromatic rings. The first-order valence-corrected chi connectivity index (χ1v) is 13.5. The molecular weight excluding hydrogens is 468 g/mol. The van der Waals surface area contributed by atoms with E-state index in [0.717, 1.165) is 59.7 Å². The maximum atomic E-state index is 6.08. The molecule has 0 aromatic heterocycles. The first-order valence-electron chi connectivity index (χ1n) is 13.5. The molecule has 0 bridgehead atoms. The SMILES string of the molecule is Cc1ccc(OCCCN(C)C)c(/C=C/c2ccc(/C=C/c3cc(C)ccc3OCCCN(C)C)cc2)c1. The summed E-state index contributed by atoms with van der Waals surface area (Å²) in [4.78, 5) is 4.36. The van der Waals surface area contributed by atoms with Gasteiger partial charge in [-0.1, -0.05) is 71.8 Å². The van der Waals surface area contributed by atoms with Crippen molar-refractivity contribution in [3.8, 4) is 11.5 Å². The monoisotopic (exact) mass is 512 g/mol. The lowest BCUT2D eigenvalue weighted by Gasteiger charge is -2.12. The molecule has 0 amide bonds. The van der Waals surface area contributed by atoms with Crippen molar-refractivity contribution >= 4 is 24.3 Å². The lowest BCUT2D eigenvalue weighted by molar-refractivity contribution is 0.281. The second kappa shape index (κ2) is 15.2. The van der Waals surface area contributed by atoms with E-state index in [1.807, 2.05) is 0 Å². The fourth-order valence-electron chi connectivity index (χ4n) is 4.08. The van der Waals surface area contributed by atoms with Gasteiger partial charge in [-0.3, -0.25) is 0 Å². The molecule has 0 unspecified atom stereocenters. The Kier molecular flexibility index (Phi) is 11.7. The highest BCUT2D eigenvalue weighted by Crippen LogP contribution is 2.25. The predicted molar refractivity (Wildman–Crippen MR) is 164 cm³/mol. The topological polar surface area (TPSA) is 24.9 Å². The lowest BCUT2D eigenvalue weighted by Crippen LogP contribution is -2.15. The van der Waals surface area contributed by atoms with Crippen LogP contribution in [0, 0.1) is 13.8 Å². The van der Waals surface area contributed by atoms with Gasteiger partial charge in [-0.05, 0) is 90.3 Å². The van der Waals surface area contributed by atoms with Gasteiger partial charge in [0.15, 0.2) is 0 Å². The van der Waals surface area contributed by atoms with Gasteiger partial charge in [0.05, 0.1) is 13.2 Å². The summed E-state index contributed by atoms with van der Waals surface area (Å²) in [6.07, 6.45) is 10.6. The molecule has 0 radical (unpaired) electrons. The largest absolute Gasteiger partial charge is 0.493 e. The van der Waals surface area contributed by atoms with Crippen molar-refractivity contribution in [3.63, 3.8) is 0 Å². The summed E-state index contributed by atoms with van der Waals surface area (Å²) < 4.78 is 12.2. The molecule has 4 nitrogen and oxygen atoms in total. The van der Waals surface area contributed by atoms with E-state index in [0.29, 0.717) is 13.2 Å². The first kappa shape index (κ1) is 29.2. The molecule has 38 heavy (non-hydrogen) atoms. The van der Waals surface area contributed by atoms with E-state index >= 15 is 0 Å². The minimum Gasteiger partial charge on any atom is -0.493 e. The number of hydrogen-bond donors (Lipinski definition) is 0. The average Bonchev–Trinajstić information content (AvgIpc) is 2.88. The van der Waals surface area contributed by atoms with Gasteiger partial charge in [-0.2, -0.15) is 0 Å². The Morgan fingerprint density at radius 3 is 1.32 bits per heavy atom. The fourth-order valence-corrected chi connectivity index (χ4v) is 4.08. The maximum Gasteiger partial charge on any atom is 0.126 e. The Balaban J connectivity index is 1.64. The minimum atomic E-state index is 0.715. The second-order valence-electron chi connectivity index (χ2n) is 10.4. The van der Waals surface area contributed by atoms with E-state index < -0.39 is 0 Å². The van der Waals surface area contributed by atoms with Gasteiger partial charge >= 0.3 is 0 Å². The normalized spacial score (nSPS) is 11.8. The van der Waals surface area contributed by atoms with Gasteiger partial charge in [-0.25, -0.2) is 0 Å². The van der Waals surface area contributed by atoms with Crippen LogP contribution >= 0.6 is 0 Å². The summed E-state index contributed by atoms with van der Waals surface area (Å²) in [5.41, 5.74) is 6.98. The van der Waals surface area contributed by atoms with Crippen molar-refractivity contribution in [2.75, 3.05) is 54.5 Å². The van der Waals surface area contributed by atoms with Crippen LogP contribution < -0.4 is 9.47 Å². The Hall–Kier alpha value is -3.34. The fraction of sp³-hybridized carbons (Fsp3) is 0.353. The van der Waals surface area contributed by atoms with Crippen LogP contribution in [0.4, 0.5) is 0 Å². The van der Waals surface area contributed by atoms with Crippen LogP contribution in [0.15, 0.2) is 60.7 Å². The lowest BCUT2D eigenvalue weighted by atomic mass is 10.1. The third-order valence-corrected chi connectivity index (χ3v) is 6.19. The molecule has 0 aliphatic carbocycles. The standard InChI is InChI=1S/C34H44N2O2/c1-27-9-19-33(37-23-7-21-35(3)4)31(25-27)17-15-29-11-13-30(14-12-29)16-18-32-26-28(2)10-20-34(32)38-24-8-22-36(5)6/h9-20,25-26H,7-8,21-24H2,1-6H3/b17-15+,18-16+. The van der Waals surface area contributed by atoms with Gasteiger partial charge in [-0.15, -0.1) is 0 Å². The van der Waals surface area contributed by atoms with E-state index in [9.17, 15) is 0 Å². The number of ether oxygens (including phenoxy) is 2. The van der Waals surface area contributed by atoms with Crippen molar-refractivity contribution in [2.24, 2.45) is 0 Å². The van der Waals surface area contributed by atoms with E-state index in [-0.39, 0.29) is 0 Å². The highest BCUT2D eigenvalue weighted by molar-refractivity contribution is 5.76. The minimum absolute atomic E-state index is 0.715. The summed E-state index contributed by atoms with van der Waals surface area (Å²) in [5.74, 6) is 1.87. The second-order valence-corrected chi connectivity index (χ2v) is 10.4. The molecule has 4 heteroatoms. The van der Waals surface area contributed by atoms with Crippen LogP contribution in [0.2, 0.25) is 0 Å². The number of rotatable bonds is 14. The molecule has 3 aromatic carbocycles. The number of aryl methyl sites for hydroxylation is 2. The van der Waals surface area contributed by atoms with Gasteiger partial charge in [0.1, 0.15) is 11.5 Å². The molecule has 0 N–H and O–H groups in total. The van der Waals surface area contributed by atoms with Crippen molar-refractivity contribution in [1.82, 2.24) is 9.80 Å². The smallest absolute Gasteiger partial charge is 0.126 e. The molecule has 0 saturated carbocycles. The Morgan fingerprint density at radius 2 is 0.947 bits per heavy atom. The van der Waals surface area contributed by atoms with Gasteiger partial charge in [0, 0.05) is 24.2 Å². The average molecular weight is 513 g/mol. The molecule has 0 atom stereocenters. The summed E-state index contributed by atoms with van der Waals surface area (Å²) in [6.45, 7) is 7.70. The van der Waals surface area contributed by atoms with Crippen LogP contribution in [-0.4, -0.2) is 64.3 Å². The first-order chi connectivity index (χ1) is 18.3. The molecule has 0 spiro atoms. The summed E-state index contributed by atoms with van der Waals surface area (Å²) in [5, 5.41) is 0. The summed E-state index contributed by atoms with van der Waals surface area (Å²) in [7, 11) is 8.35. The molecule has 0 aliphatic heterocycles. The summed E-state index contributed by atoms with van der Waals surface area (Å²) >= 11 is 0. The Morgan fingerprint density at radius 1 is 0.553 bits per heavy atom. The molecule has 0 aliphatic rings. The van der Waals surface area contributed by atoms with Crippen molar-refractivity contribution in [1.29, 1.82) is 0 Å². The molecule has 0 saturated heterocycles. The van der Waals surface area contributed by atoms with Crippen LogP contribution in [0.5, 0.6) is 11.5 Å². The maximum absolute atomic E-state index is 6.08. The van der Waals surface area contributed by atoms with Crippen LogP contribution in [0.25, 0.3) is 24.3 Å². The molecule has 0 heterocycles.